The van der Waals surface area contributed by atoms with Crippen LogP contribution in [0.3, 0.4) is 0 Å². The highest BCUT2D eigenvalue weighted by atomic mass is 19.4. The first kappa shape index (κ1) is 37.5. The number of rotatable bonds is 8. The number of ether oxygens (including phenoxy) is 1. The molecule has 6 aliphatic carbocycles. The summed E-state index contributed by atoms with van der Waals surface area (Å²) in [5.41, 5.74) is -2.98. The number of halogens is 5. The SMILES string of the molecule is CC(C)NC(=O)N(Cc1ccc(OC(F)(F)F)cc1)C[C@]1(O)CC[C@H]2[C@]34C=C[C@@]5(C=C3C(=O)c3ccc(F)c(F)c3)CC(O)CC[C@]5(C)[C@H]4CC[C@@]21C. The van der Waals surface area contributed by atoms with E-state index in [1.54, 1.807) is 0 Å². The van der Waals surface area contributed by atoms with Crippen molar-refractivity contribution in [2.75, 3.05) is 6.54 Å². The molecule has 7 nitrogen and oxygen atoms in total. The van der Waals surface area contributed by atoms with Crippen LogP contribution in [0, 0.1) is 45.1 Å². The zero-order valence-corrected chi connectivity index (χ0v) is 30.4. The van der Waals surface area contributed by atoms with E-state index in [0.717, 1.165) is 18.6 Å². The van der Waals surface area contributed by atoms with Gasteiger partial charge in [0.1, 0.15) is 5.75 Å². The van der Waals surface area contributed by atoms with Gasteiger partial charge in [-0.15, -0.1) is 13.2 Å². The third-order valence-electron chi connectivity index (χ3n) is 13.8. The summed E-state index contributed by atoms with van der Waals surface area (Å²) >= 11 is 0. The fourth-order valence-electron chi connectivity index (χ4n) is 11.3. The first-order valence-electron chi connectivity index (χ1n) is 18.5. The number of fused-ring (bicyclic) bond motifs is 1. The van der Waals surface area contributed by atoms with Gasteiger partial charge in [-0.3, -0.25) is 4.79 Å². The minimum absolute atomic E-state index is 0.00423. The van der Waals surface area contributed by atoms with Gasteiger partial charge in [-0.25, -0.2) is 13.6 Å². The number of carbonyl (C=O) groups excluding carboxylic acids is 2. The molecule has 8 rings (SSSR count). The van der Waals surface area contributed by atoms with E-state index in [-0.39, 0.29) is 47.7 Å². The Hall–Kier alpha value is -3.77. The number of hydrogen-bond acceptors (Lipinski definition) is 5. The lowest BCUT2D eigenvalue weighted by atomic mass is 9.32. The summed E-state index contributed by atoms with van der Waals surface area (Å²) in [5.74, 6) is -3.29. The van der Waals surface area contributed by atoms with Crippen molar-refractivity contribution in [2.24, 2.45) is 33.5 Å². The summed E-state index contributed by atoms with van der Waals surface area (Å²) in [4.78, 5) is 29.9. The monoisotopic (exact) mass is 742 g/mol. The predicted molar refractivity (Wildman–Crippen MR) is 186 cm³/mol. The van der Waals surface area contributed by atoms with Gasteiger partial charge in [-0.05, 0) is 112 Å². The third kappa shape index (κ3) is 5.90. The van der Waals surface area contributed by atoms with Crippen molar-refractivity contribution < 1.29 is 46.5 Å². The van der Waals surface area contributed by atoms with E-state index >= 15 is 0 Å². The highest BCUT2D eigenvalue weighted by Crippen LogP contribution is 2.78. The standard InChI is InChI=1S/C41H47F5N2O5/c1-24(2)47-35(51)48(22-25-5-8-28(9-6-25)53-41(44,45)46)23-39(52)16-13-33-37(39,4)15-12-32-36(3)14-11-27(49)20-38(36)17-18-40(32,33)29(21-38)34(50)26-7-10-30(42)31(43)19-26/h5-10,17-19,21,24,27,32-33,49,52H,11-16,20,22-23H2,1-4H3,(H,47,51)/t27?,32-,33-,36-,37+,38+,39-,40-/m1/s1. The number of alkyl halides is 3. The Morgan fingerprint density at radius 1 is 0.943 bits per heavy atom. The van der Waals surface area contributed by atoms with Crippen LogP contribution in [-0.4, -0.2) is 57.6 Å². The number of allylic oxidation sites excluding steroid dienone is 4. The molecular weight excluding hydrogens is 695 g/mol. The fourth-order valence-corrected chi connectivity index (χ4v) is 11.3. The number of Topliss-reactive ketones (excluding diaryl/α,β-unsaturated/α-hetero) is 1. The Bertz CT molecular complexity index is 1860. The summed E-state index contributed by atoms with van der Waals surface area (Å²) in [5, 5.41) is 26.7. The first-order chi connectivity index (χ1) is 24.8. The largest absolute Gasteiger partial charge is 0.573 e. The highest BCUT2D eigenvalue weighted by molar-refractivity contribution is 6.10. The molecule has 0 heterocycles. The van der Waals surface area contributed by atoms with Crippen LogP contribution in [0.4, 0.5) is 26.7 Å². The number of ketones is 1. The number of nitrogens with zero attached hydrogens (tertiary/aromatic N) is 1. The summed E-state index contributed by atoms with van der Waals surface area (Å²) < 4.78 is 71.1. The van der Waals surface area contributed by atoms with Gasteiger partial charge in [0.05, 0.1) is 18.2 Å². The summed E-state index contributed by atoms with van der Waals surface area (Å²) in [6, 6.07) is 7.79. The van der Waals surface area contributed by atoms with Crippen molar-refractivity contribution in [2.45, 2.75) is 103 Å². The van der Waals surface area contributed by atoms with Gasteiger partial charge in [-0.1, -0.05) is 44.2 Å². The van der Waals surface area contributed by atoms with Gasteiger partial charge in [-0.2, -0.15) is 0 Å². The number of nitrogens with one attached hydrogen (secondary N) is 1. The van der Waals surface area contributed by atoms with Crippen molar-refractivity contribution in [3.63, 3.8) is 0 Å². The average Bonchev–Trinajstić information content (AvgIpc) is 3.35. The molecule has 0 aromatic heterocycles. The first-order valence-corrected chi connectivity index (χ1v) is 18.5. The van der Waals surface area contributed by atoms with E-state index in [1.165, 1.54) is 35.2 Å². The van der Waals surface area contributed by atoms with Crippen molar-refractivity contribution in [3.8, 4) is 5.75 Å². The summed E-state index contributed by atoms with van der Waals surface area (Å²) in [6.07, 6.45) is 4.72. The van der Waals surface area contributed by atoms with Crippen LogP contribution in [0.1, 0.15) is 88.6 Å². The highest BCUT2D eigenvalue weighted by Gasteiger charge is 2.74. The lowest BCUT2D eigenvalue weighted by molar-refractivity contribution is -0.274. The molecule has 3 saturated carbocycles. The molecule has 2 aromatic carbocycles. The number of benzene rings is 2. The van der Waals surface area contributed by atoms with Crippen LogP contribution in [0.25, 0.3) is 0 Å². The molecule has 8 atom stereocenters. The van der Waals surface area contributed by atoms with E-state index in [4.69, 9.17) is 0 Å². The second kappa shape index (κ2) is 12.6. The Kier molecular flexibility index (Phi) is 8.96. The van der Waals surface area contributed by atoms with Gasteiger partial charge in [0, 0.05) is 40.0 Å². The van der Waals surface area contributed by atoms with Crippen molar-refractivity contribution >= 4 is 11.8 Å². The van der Waals surface area contributed by atoms with E-state index in [2.05, 4.69) is 29.1 Å². The van der Waals surface area contributed by atoms with E-state index in [0.29, 0.717) is 49.7 Å². The zero-order chi connectivity index (χ0) is 38.4. The number of urea groups is 1. The number of carbonyl (C=O) groups is 2. The van der Waals surface area contributed by atoms with E-state index < -0.39 is 57.8 Å². The van der Waals surface area contributed by atoms with Crippen LogP contribution >= 0.6 is 0 Å². The number of hydrogen-bond donors (Lipinski definition) is 3. The number of aliphatic hydroxyl groups is 2. The lowest BCUT2D eigenvalue weighted by Gasteiger charge is -2.71. The number of aliphatic hydroxyl groups excluding tert-OH is 1. The van der Waals surface area contributed by atoms with Gasteiger partial charge >= 0.3 is 12.4 Å². The molecule has 3 N–H and O–H groups in total. The van der Waals surface area contributed by atoms with Crippen LogP contribution in [0.15, 0.2) is 66.3 Å². The second-order valence-corrected chi connectivity index (χ2v) is 16.9. The molecule has 0 aliphatic heterocycles. The van der Waals surface area contributed by atoms with E-state index in [1.807, 2.05) is 26.8 Å². The summed E-state index contributed by atoms with van der Waals surface area (Å²) in [6.45, 7) is 7.81. The molecule has 2 spiro atoms. The smallest absolute Gasteiger partial charge is 0.406 e. The zero-order valence-electron chi connectivity index (χ0n) is 30.4. The quantitative estimate of drug-likeness (QED) is 0.144. The van der Waals surface area contributed by atoms with Crippen LogP contribution in [0.2, 0.25) is 0 Å². The predicted octanol–water partition coefficient (Wildman–Crippen LogP) is 8.26. The minimum Gasteiger partial charge on any atom is -0.406 e. The molecule has 2 amide bonds. The van der Waals surface area contributed by atoms with Crippen molar-refractivity contribution in [3.05, 3.63) is 89.0 Å². The topological polar surface area (TPSA) is 99.1 Å². The lowest BCUT2D eigenvalue weighted by Crippen LogP contribution is -2.67. The van der Waals surface area contributed by atoms with Gasteiger partial charge < -0.3 is 25.2 Å². The Morgan fingerprint density at radius 3 is 2.26 bits per heavy atom. The molecule has 2 bridgehead atoms. The van der Waals surface area contributed by atoms with E-state index in [9.17, 15) is 41.8 Å². The Labute approximate surface area is 306 Å². The molecular formula is C41H47F5N2O5. The normalized spacial score (nSPS) is 35.6. The molecule has 1 unspecified atom stereocenters. The molecule has 0 saturated heterocycles. The molecule has 3 fully saturated rings. The minimum atomic E-state index is -4.85. The Balaban J connectivity index is 1.27. The molecule has 12 heteroatoms. The maximum absolute atomic E-state index is 14.6. The van der Waals surface area contributed by atoms with Crippen LogP contribution < -0.4 is 10.1 Å². The van der Waals surface area contributed by atoms with Gasteiger partial charge in [0.2, 0.25) is 0 Å². The van der Waals surface area contributed by atoms with Crippen molar-refractivity contribution in [1.29, 1.82) is 0 Å². The molecule has 2 aromatic rings. The summed E-state index contributed by atoms with van der Waals surface area (Å²) in [7, 11) is 0. The van der Waals surface area contributed by atoms with Gasteiger partial charge in [0.25, 0.3) is 0 Å². The van der Waals surface area contributed by atoms with Crippen LogP contribution in [-0.2, 0) is 6.54 Å². The average molecular weight is 743 g/mol. The maximum atomic E-state index is 14.6. The van der Waals surface area contributed by atoms with Crippen molar-refractivity contribution in [1.82, 2.24) is 10.2 Å². The number of amides is 2. The molecule has 0 radical (unpaired) electrons. The molecule has 6 aliphatic rings. The second-order valence-electron chi connectivity index (χ2n) is 16.9. The molecule has 286 valence electrons. The Morgan fingerprint density at radius 2 is 1.60 bits per heavy atom. The molecule has 53 heavy (non-hydrogen) atoms. The third-order valence-corrected chi connectivity index (χ3v) is 13.8. The van der Waals surface area contributed by atoms with Crippen LogP contribution in [0.5, 0.6) is 5.75 Å². The van der Waals surface area contributed by atoms with Gasteiger partial charge in [0.15, 0.2) is 17.4 Å². The fraction of sp³-hybridized carbons (Fsp3) is 0.561. The maximum Gasteiger partial charge on any atom is 0.573 e.